The van der Waals surface area contributed by atoms with Crippen LogP contribution in [0.1, 0.15) is 31.7 Å². The average molecular weight is 211 g/mol. The summed E-state index contributed by atoms with van der Waals surface area (Å²) >= 11 is 0. The second kappa shape index (κ2) is 3.98. The van der Waals surface area contributed by atoms with E-state index in [0.717, 1.165) is 25.7 Å². The van der Waals surface area contributed by atoms with Gasteiger partial charge < -0.3 is 5.11 Å². The minimum absolute atomic E-state index is 0.0288. The first kappa shape index (κ1) is 10.1. The lowest BCUT2D eigenvalue weighted by atomic mass is 9.93. The SMILES string of the molecule is O=[N+]([O-])c1cnn([C@H]2CC[C@@H](O)CC2)c1. The van der Waals surface area contributed by atoms with Crippen LogP contribution in [0.3, 0.4) is 0 Å². The molecule has 82 valence electrons. The zero-order chi connectivity index (χ0) is 10.8. The van der Waals surface area contributed by atoms with Crippen molar-refractivity contribution in [1.29, 1.82) is 0 Å². The monoisotopic (exact) mass is 211 g/mol. The minimum Gasteiger partial charge on any atom is -0.393 e. The Hall–Kier alpha value is -1.43. The predicted molar refractivity (Wildman–Crippen MR) is 52.4 cm³/mol. The Morgan fingerprint density at radius 2 is 2.13 bits per heavy atom. The van der Waals surface area contributed by atoms with Gasteiger partial charge in [-0.15, -0.1) is 0 Å². The molecule has 0 aromatic carbocycles. The number of hydrogen-bond donors (Lipinski definition) is 1. The zero-order valence-electron chi connectivity index (χ0n) is 8.24. The zero-order valence-corrected chi connectivity index (χ0v) is 8.24. The smallest absolute Gasteiger partial charge is 0.307 e. The van der Waals surface area contributed by atoms with Gasteiger partial charge in [-0.2, -0.15) is 5.10 Å². The van der Waals surface area contributed by atoms with Crippen LogP contribution in [0.4, 0.5) is 5.69 Å². The molecule has 1 fully saturated rings. The van der Waals surface area contributed by atoms with Gasteiger partial charge >= 0.3 is 5.69 Å². The minimum atomic E-state index is -0.443. The fraction of sp³-hybridized carbons (Fsp3) is 0.667. The molecule has 1 aromatic heterocycles. The maximum absolute atomic E-state index is 10.5. The molecule has 6 nitrogen and oxygen atoms in total. The number of nitro groups is 1. The summed E-state index contributed by atoms with van der Waals surface area (Å²) in [6.45, 7) is 0. The molecule has 0 unspecified atom stereocenters. The number of hydrogen-bond acceptors (Lipinski definition) is 4. The van der Waals surface area contributed by atoms with Crippen molar-refractivity contribution in [2.24, 2.45) is 0 Å². The van der Waals surface area contributed by atoms with Gasteiger partial charge in [0.1, 0.15) is 12.4 Å². The molecular formula is C9H13N3O3. The molecule has 15 heavy (non-hydrogen) atoms. The van der Waals surface area contributed by atoms with E-state index < -0.39 is 4.92 Å². The van der Waals surface area contributed by atoms with E-state index in [4.69, 9.17) is 0 Å². The number of aromatic nitrogens is 2. The van der Waals surface area contributed by atoms with Gasteiger partial charge in [0, 0.05) is 0 Å². The van der Waals surface area contributed by atoms with Crippen LogP contribution in [0.25, 0.3) is 0 Å². The van der Waals surface area contributed by atoms with E-state index in [1.54, 1.807) is 4.68 Å². The van der Waals surface area contributed by atoms with Gasteiger partial charge in [-0.25, -0.2) is 0 Å². The number of nitrogens with zero attached hydrogens (tertiary/aromatic N) is 3. The van der Waals surface area contributed by atoms with Crippen molar-refractivity contribution < 1.29 is 10.0 Å². The van der Waals surface area contributed by atoms with Gasteiger partial charge in [0.05, 0.1) is 17.1 Å². The van der Waals surface area contributed by atoms with E-state index in [1.807, 2.05) is 0 Å². The van der Waals surface area contributed by atoms with Gasteiger partial charge in [-0.05, 0) is 25.7 Å². The van der Waals surface area contributed by atoms with Crippen molar-refractivity contribution in [3.05, 3.63) is 22.5 Å². The number of aliphatic hydroxyl groups is 1. The Balaban J connectivity index is 2.06. The van der Waals surface area contributed by atoms with Crippen molar-refractivity contribution in [3.8, 4) is 0 Å². The maximum Gasteiger partial charge on any atom is 0.307 e. The van der Waals surface area contributed by atoms with E-state index in [9.17, 15) is 15.2 Å². The second-order valence-electron chi connectivity index (χ2n) is 3.90. The summed E-state index contributed by atoms with van der Waals surface area (Å²) in [6.07, 6.45) is 5.68. The quantitative estimate of drug-likeness (QED) is 0.590. The molecule has 0 atom stereocenters. The molecule has 1 aliphatic rings. The molecule has 1 aliphatic carbocycles. The molecule has 0 bridgehead atoms. The third-order valence-corrected chi connectivity index (χ3v) is 2.84. The Kier molecular flexibility index (Phi) is 2.68. The van der Waals surface area contributed by atoms with Crippen LogP contribution in [0.2, 0.25) is 0 Å². The third-order valence-electron chi connectivity index (χ3n) is 2.84. The summed E-state index contributed by atoms with van der Waals surface area (Å²) in [7, 11) is 0. The maximum atomic E-state index is 10.5. The van der Waals surface area contributed by atoms with Crippen LogP contribution < -0.4 is 0 Å². The highest BCUT2D eigenvalue weighted by atomic mass is 16.6. The Bertz CT molecular complexity index is 355. The van der Waals surface area contributed by atoms with E-state index in [2.05, 4.69) is 5.10 Å². The molecule has 1 saturated carbocycles. The van der Waals surface area contributed by atoms with E-state index in [-0.39, 0.29) is 17.8 Å². The summed E-state index contributed by atoms with van der Waals surface area (Å²) in [5.41, 5.74) is 0.0288. The van der Waals surface area contributed by atoms with Gasteiger partial charge in [-0.3, -0.25) is 14.8 Å². The first-order valence-electron chi connectivity index (χ1n) is 5.03. The molecule has 0 aliphatic heterocycles. The number of aliphatic hydroxyl groups excluding tert-OH is 1. The van der Waals surface area contributed by atoms with Crippen molar-refractivity contribution in [3.63, 3.8) is 0 Å². The summed E-state index contributed by atoms with van der Waals surface area (Å²) in [6, 6.07) is 0.196. The van der Waals surface area contributed by atoms with Crippen molar-refractivity contribution in [2.45, 2.75) is 37.8 Å². The third kappa shape index (κ3) is 2.15. The largest absolute Gasteiger partial charge is 0.393 e. The summed E-state index contributed by atoms with van der Waals surface area (Å²) in [5.74, 6) is 0. The van der Waals surface area contributed by atoms with Gasteiger partial charge in [0.2, 0.25) is 0 Å². The van der Waals surface area contributed by atoms with Crippen LogP contribution in [-0.4, -0.2) is 25.9 Å². The highest BCUT2D eigenvalue weighted by Gasteiger charge is 2.22. The molecule has 0 amide bonds. The second-order valence-corrected chi connectivity index (χ2v) is 3.90. The molecule has 1 heterocycles. The lowest BCUT2D eigenvalue weighted by Crippen LogP contribution is -2.21. The first-order chi connectivity index (χ1) is 7.16. The van der Waals surface area contributed by atoms with Crippen LogP contribution in [0.5, 0.6) is 0 Å². The van der Waals surface area contributed by atoms with Crippen molar-refractivity contribution in [2.75, 3.05) is 0 Å². The van der Waals surface area contributed by atoms with E-state index in [1.165, 1.54) is 12.4 Å². The molecule has 1 aromatic rings. The van der Waals surface area contributed by atoms with Gasteiger partial charge in [0.15, 0.2) is 0 Å². The molecule has 6 heteroatoms. The molecule has 1 N–H and O–H groups in total. The van der Waals surface area contributed by atoms with Crippen molar-refractivity contribution in [1.82, 2.24) is 9.78 Å². The molecule has 0 radical (unpaired) electrons. The topological polar surface area (TPSA) is 81.2 Å². The van der Waals surface area contributed by atoms with E-state index in [0.29, 0.717) is 0 Å². The fourth-order valence-corrected chi connectivity index (χ4v) is 1.94. The van der Waals surface area contributed by atoms with Crippen molar-refractivity contribution >= 4 is 5.69 Å². The molecule has 0 spiro atoms. The average Bonchev–Trinajstić information content (AvgIpc) is 2.68. The standard InChI is InChI=1S/C9H13N3O3/c13-9-3-1-7(2-4-9)11-6-8(5-10-11)12(14)15/h5-7,9,13H,1-4H2/t7-,9+. The van der Waals surface area contributed by atoms with Crippen LogP contribution in [-0.2, 0) is 0 Å². The summed E-state index contributed by atoms with van der Waals surface area (Å²) < 4.78 is 1.64. The summed E-state index contributed by atoms with van der Waals surface area (Å²) in [4.78, 5) is 10.0. The Labute approximate surface area is 86.7 Å². The van der Waals surface area contributed by atoms with E-state index >= 15 is 0 Å². The van der Waals surface area contributed by atoms with Gasteiger partial charge in [0.25, 0.3) is 0 Å². The lowest BCUT2D eigenvalue weighted by molar-refractivity contribution is -0.385. The first-order valence-corrected chi connectivity index (χ1v) is 5.03. The normalized spacial score (nSPS) is 26.5. The highest BCUT2D eigenvalue weighted by molar-refractivity contribution is 5.21. The Morgan fingerprint density at radius 3 is 2.67 bits per heavy atom. The van der Waals surface area contributed by atoms with Crippen LogP contribution in [0.15, 0.2) is 12.4 Å². The Morgan fingerprint density at radius 1 is 1.47 bits per heavy atom. The highest BCUT2D eigenvalue weighted by Crippen LogP contribution is 2.28. The number of rotatable bonds is 2. The molecule has 0 saturated heterocycles. The van der Waals surface area contributed by atoms with Crippen LogP contribution >= 0.6 is 0 Å². The molecule has 2 rings (SSSR count). The predicted octanol–water partition coefficient (Wildman–Crippen LogP) is 1.27. The molecular weight excluding hydrogens is 198 g/mol. The lowest BCUT2D eigenvalue weighted by Gasteiger charge is -2.25. The van der Waals surface area contributed by atoms with Crippen LogP contribution in [0, 0.1) is 10.1 Å². The fourth-order valence-electron chi connectivity index (χ4n) is 1.94. The van der Waals surface area contributed by atoms with Gasteiger partial charge in [-0.1, -0.05) is 0 Å². The summed E-state index contributed by atoms with van der Waals surface area (Å²) in [5, 5.41) is 23.8.